The Morgan fingerprint density at radius 3 is 2.46 bits per heavy atom. The lowest BCUT2D eigenvalue weighted by atomic mass is 10.0. The van der Waals surface area contributed by atoms with E-state index in [1.165, 1.54) is 18.5 Å². The van der Waals surface area contributed by atoms with Crippen molar-refractivity contribution in [3.63, 3.8) is 0 Å². The first-order valence-electron chi connectivity index (χ1n) is 11.2. The second-order valence-corrected chi connectivity index (χ2v) is 8.46. The number of fused-ring (bicyclic) bond motifs is 1. The highest BCUT2D eigenvalue weighted by atomic mass is 19.2. The fourth-order valence-corrected chi connectivity index (χ4v) is 4.50. The van der Waals surface area contributed by atoms with Gasteiger partial charge in [-0.25, -0.2) is 23.5 Å². The third-order valence-corrected chi connectivity index (χ3v) is 6.16. The van der Waals surface area contributed by atoms with Gasteiger partial charge in [0.1, 0.15) is 17.8 Å². The van der Waals surface area contributed by atoms with E-state index < -0.39 is 17.7 Å². The highest BCUT2D eigenvalue weighted by Gasteiger charge is 2.25. The molecule has 0 unspecified atom stereocenters. The SMILES string of the molecule is Nc1ncnc2c1c(C(=O)c1cccc(NC(=O)Nc3ccc(F)c(F)c3)c1)cn2C1CCCC1. The quantitative estimate of drug-likeness (QED) is 0.339. The molecule has 2 heterocycles. The summed E-state index contributed by atoms with van der Waals surface area (Å²) in [6.45, 7) is 0. The molecule has 0 aliphatic heterocycles. The Hall–Kier alpha value is -4.34. The zero-order chi connectivity index (χ0) is 24.5. The van der Waals surface area contributed by atoms with E-state index in [-0.39, 0.29) is 23.3 Å². The van der Waals surface area contributed by atoms with E-state index in [1.54, 1.807) is 24.4 Å². The first-order chi connectivity index (χ1) is 16.9. The van der Waals surface area contributed by atoms with Crippen molar-refractivity contribution in [1.29, 1.82) is 0 Å². The Morgan fingerprint density at radius 2 is 1.71 bits per heavy atom. The Morgan fingerprint density at radius 1 is 0.971 bits per heavy atom. The van der Waals surface area contributed by atoms with Crippen LogP contribution in [0.2, 0.25) is 0 Å². The molecule has 2 amide bonds. The van der Waals surface area contributed by atoms with E-state index >= 15 is 0 Å². The van der Waals surface area contributed by atoms with Gasteiger partial charge in [-0.1, -0.05) is 25.0 Å². The Bertz CT molecular complexity index is 1450. The Balaban J connectivity index is 1.41. The van der Waals surface area contributed by atoms with Crippen LogP contribution < -0.4 is 16.4 Å². The minimum atomic E-state index is -1.07. The van der Waals surface area contributed by atoms with Gasteiger partial charge in [-0.3, -0.25) is 4.79 Å². The molecule has 0 saturated heterocycles. The molecule has 1 fully saturated rings. The summed E-state index contributed by atoms with van der Waals surface area (Å²) in [5, 5.41) is 5.54. The number of halogens is 2. The standard InChI is InChI=1S/C25H22F2N6O2/c26-19-9-8-16(11-20(19)27)32-25(35)31-15-5-3-4-14(10-15)22(34)18-12-33(17-6-1-2-7-17)24-21(18)23(28)29-13-30-24/h3-5,8-13,17H,1-2,6-7H2,(H2,28,29,30)(H2,31,32,35). The lowest BCUT2D eigenvalue weighted by Crippen LogP contribution is -2.19. The number of nitrogens with one attached hydrogen (secondary N) is 2. The van der Waals surface area contributed by atoms with E-state index in [1.807, 2.05) is 4.57 Å². The van der Waals surface area contributed by atoms with Gasteiger partial charge < -0.3 is 20.9 Å². The van der Waals surface area contributed by atoms with Crippen molar-refractivity contribution in [1.82, 2.24) is 14.5 Å². The largest absolute Gasteiger partial charge is 0.383 e. The number of anilines is 3. The van der Waals surface area contributed by atoms with Gasteiger partial charge in [0.05, 0.1) is 10.9 Å². The van der Waals surface area contributed by atoms with Gasteiger partial charge in [-0.2, -0.15) is 0 Å². The number of hydrogen-bond acceptors (Lipinski definition) is 5. The molecule has 1 aliphatic carbocycles. The van der Waals surface area contributed by atoms with Crippen LogP contribution in [0.15, 0.2) is 55.0 Å². The van der Waals surface area contributed by atoms with Crippen LogP contribution in [0.25, 0.3) is 11.0 Å². The highest BCUT2D eigenvalue weighted by Crippen LogP contribution is 2.35. The number of ketones is 1. The van der Waals surface area contributed by atoms with Gasteiger partial charge in [-0.05, 0) is 37.1 Å². The van der Waals surface area contributed by atoms with Crippen LogP contribution in [-0.2, 0) is 0 Å². The van der Waals surface area contributed by atoms with E-state index in [0.29, 0.717) is 27.8 Å². The maximum Gasteiger partial charge on any atom is 0.323 e. The van der Waals surface area contributed by atoms with Crippen molar-refractivity contribution < 1.29 is 18.4 Å². The number of nitrogen functional groups attached to an aromatic ring is 1. The molecule has 8 nitrogen and oxygen atoms in total. The third kappa shape index (κ3) is 4.42. The van der Waals surface area contributed by atoms with Crippen molar-refractivity contribution in [2.75, 3.05) is 16.4 Å². The summed E-state index contributed by atoms with van der Waals surface area (Å²) < 4.78 is 28.5. The molecule has 4 aromatic rings. The second-order valence-electron chi connectivity index (χ2n) is 8.46. The molecule has 0 radical (unpaired) electrons. The molecule has 35 heavy (non-hydrogen) atoms. The molecule has 1 aliphatic rings. The maximum absolute atomic E-state index is 13.5. The maximum atomic E-state index is 13.5. The van der Waals surface area contributed by atoms with Crippen molar-refractivity contribution in [3.05, 3.63) is 77.8 Å². The van der Waals surface area contributed by atoms with Crippen molar-refractivity contribution in [2.45, 2.75) is 31.7 Å². The Labute approximate surface area is 199 Å². The molecule has 178 valence electrons. The average molecular weight is 476 g/mol. The topological polar surface area (TPSA) is 115 Å². The number of nitrogens with zero attached hydrogens (tertiary/aromatic N) is 3. The van der Waals surface area contributed by atoms with E-state index in [0.717, 1.165) is 37.8 Å². The van der Waals surface area contributed by atoms with Crippen molar-refractivity contribution >= 4 is 40.0 Å². The van der Waals surface area contributed by atoms with Gasteiger partial charge >= 0.3 is 6.03 Å². The van der Waals surface area contributed by atoms with Gasteiger partial charge in [-0.15, -0.1) is 0 Å². The van der Waals surface area contributed by atoms with Gasteiger partial charge in [0.15, 0.2) is 17.4 Å². The molecular weight excluding hydrogens is 454 g/mol. The number of aromatic nitrogens is 3. The zero-order valence-corrected chi connectivity index (χ0v) is 18.6. The molecule has 0 spiro atoms. The fourth-order valence-electron chi connectivity index (χ4n) is 4.50. The van der Waals surface area contributed by atoms with Crippen molar-refractivity contribution in [3.8, 4) is 0 Å². The van der Waals surface area contributed by atoms with E-state index in [2.05, 4.69) is 20.6 Å². The number of carbonyl (C=O) groups excluding carboxylic acids is 2. The number of benzene rings is 2. The number of hydrogen-bond donors (Lipinski definition) is 3. The molecule has 5 rings (SSSR count). The third-order valence-electron chi connectivity index (χ3n) is 6.16. The van der Waals surface area contributed by atoms with Crippen LogP contribution in [-0.4, -0.2) is 26.3 Å². The molecule has 2 aromatic heterocycles. The van der Waals surface area contributed by atoms with Crippen LogP contribution in [0.1, 0.15) is 47.6 Å². The molecular formula is C25H22F2N6O2. The second kappa shape index (κ2) is 9.13. The number of amides is 2. The van der Waals surface area contributed by atoms with Crippen LogP contribution in [0.3, 0.4) is 0 Å². The first kappa shape index (κ1) is 22.5. The van der Waals surface area contributed by atoms with Gasteiger partial charge in [0, 0.05) is 35.2 Å². The smallest absolute Gasteiger partial charge is 0.323 e. The highest BCUT2D eigenvalue weighted by molar-refractivity contribution is 6.18. The minimum Gasteiger partial charge on any atom is -0.383 e. The van der Waals surface area contributed by atoms with Crippen molar-refractivity contribution in [2.24, 2.45) is 0 Å². The van der Waals surface area contributed by atoms with Gasteiger partial charge in [0.2, 0.25) is 0 Å². The fraction of sp³-hybridized carbons (Fsp3) is 0.200. The predicted molar refractivity (Wildman–Crippen MR) is 128 cm³/mol. The normalized spacial score (nSPS) is 13.8. The number of carbonyl (C=O) groups is 2. The lowest BCUT2D eigenvalue weighted by Gasteiger charge is -2.12. The number of nitrogens with two attached hydrogens (primary N) is 1. The molecule has 10 heteroatoms. The van der Waals surface area contributed by atoms with E-state index in [4.69, 9.17) is 5.73 Å². The summed E-state index contributed by atoms with van der Waals surface area (Å²) in [5.74, 6) is -2.13. The van der Waals surface area contributed by atoms with Gasteiger partial charge in [0.25, 0.3) is 0 Å². The summed E-state index contributed by atoms with van der Waals surface area (Å²) in [6.07, 6.45) is 7.45. The zero-order valence-electron chi connectivity index (χ0n) is 18.6. The first-order valence-corrected chi connectivity index (χ1v) is 11.2. The van der Waals surface area contributed by atoms with Crippen LogP contribution in [0, 0.1) is 11.6 Å². The lowest BCUT2D eigenvalue weighted by molar-refractivity contribution is 0.104. The summed E-state index contributed by atoms with van der Waals surface area (Å²) >= 11 is 0. The van der Waals surface area contributed by atoms with Crippen LogP contribution >= 0.6 is 0 Å². The summed E-state index contributed by atoms with van der Waals surface area (Å²) in [6, 6.07) is 9.04. The molecule has 0 bridgehead atoms. The summed E-state index contributed by atoms with van der Waals surface area (Å²) in [4.78, 5) is 34.3. The molecule has 2 aromatic carbocycles. The Kier molecular flexibility index (Phi) is 5.86. The van der Waals surface area contributed by atoms with Crippen LogP contribution in [0.5, 0.6) is 0 Å². The monoisotopic (exact) mass is 476 g/mol. The van der Waals surface area contributed by atoms with Crippen LogP contribution in [0.4, 0.5) is 30.8 Å². The molecule has 4 N–H and O–H groups in total. The number of urea groups is 1. The minimum absolute atomic E-state index is 0.0869. The number of rotatable bonds is 5. The summed E-state index contributed by atoms with van der Waals surface area (Å²) in [5.41, 5.74) is 7.94. The average Bonchev–Trinajstić information content (AvgIpc) is 3.50. The predicted octanol–water partition coefficient (Wildman–Crippen LogP) is 5.28. The molecule has 1 saturated carbocycles. The van der Waals surface area contributed by atoms with E-state index in [9.17, 15) is 18.4 Å². The summed E-state index contributed by atoms with van der Waals surface area (Å²) in [7, 11) is 0. The molecule has 0 atom stereocenters.